The molecule has 20 heavy (non-hydrogen) atoms. The lowest BCUT2D eigenvalue weighted by Gasteiger charge is -2.11. The zero-order valence-corrected chi connectivity index (χ0v) is 12.0. The first-order valence-electron chi connectivity index (χ1n) is 6.14. The highest BCUT2D eigenvalue weighted by Gasteiger charge is 2.28. The number of anilines is 1. The summed E-state index contributed by atoms with van der Waals surface area (Å²) in [6.07, 6.45) is 0.662. The lowest BCUT2D eigenvalue weighted by atomic mass is 10.1. The third-order valence-electron chi connectivity index (χ3n) is 3.15. The first-order valence-corrected chi connectivity index (χ1v) is 7.40. The molecule has 0 fully saturated rings. The minimum atomic E-state index is -0.594. The van der Waals surface area contributed by atoms with Gasteiger partial charge in [0.1, 0.15) is 0 Å². The van der Waals surface area contributed by atoms with Crippen LogP contribution in [-0.2, 0) is 11.2 Å². The Balaban J connectivity index is 1.74. The summed E-state index contributed by atoms with van der Waals surface area (Å²) in [5, 5.41) is 2.38. The van der Waals surface area contributed by atoms with Crippen LogP contribution in [0.2, 0.25) is 5.02 Å². The third kappa shape index (κ3) is 2.53. The Morgan fingerprint density at radius 1 is 1.25 bits per heavy atom. The van der Waals surface area contributed by atoms with Crippen molar-refractivity contribution in [2.45, 2.75) is 16.6 Å². The van der Waals surface area contributed by atoms with Gasteiger partial charge in [0.2, 0.25) is 5.91 Å². The second-order valence-corrected chi connectivity index (χ2v) is 6.16. The fourth-order valence-corrected chi connectivity index (χ4v) is 3.51. The number of rotatable bonds is 2. The molecule has 1 unspecified atom stereocenters. The normalized spacial score (nSPS) is 16.8. The van der Waals surface area contributed by atoms with E-state index in [2.05, 4.69) is 5.32 Å². The summed E-state index contributed by atoms with van der Waals surface area (Å²) in [6.45, 7) is 0. The fraction of sp³-hybridized carbons (Fsp3) is 0.133. The second-order valence-electron chi connectivity index (χ2n) is 4.51. The van der Waals surface area contributed by atoms with Crippen LogP contribution >= 0.6 is 23.4 Å². The van der Waals surface area contributed by atoms with Gasteiger partial charge >= 0.3 is 0 Å². The average molecular weight is 308 g/mol. The van der Waals surface area contributed by atoms with Gasteiger partial charge < -0.3 is 5.32 Å². The van der Waals surface area contributed by atoms with E-state index in [1.54, 1.807) is 6.07 Å². The molecule has 0 aliphatic carbocycles. The molecule has 2 aromatic carbocycles. The van der Waals surface area contributed by atoms with Crippen LogP contribution in [0.3, 0.4) is 0 Å². The Bertz CT molecular complexity index is 652. The van der Waals surface area contributed by atoms with Gasteiger partial charge in [-0.2, -0.15) is 0 Å². The Labute approximate surface area is 125 Å². The van der Waals surface area contributed by atoms with E-state index in [1.165, 1.54) is 23.9 Å². The average Bonchev–Trinajstić information content (AvgIpc) is 2.88. The van der Waals surface area contributed by atoms with Crippen molar-refractivity contribution in [3.05, 3.63) is 58.9 Å². The second kappa shape index (κ2) is 5.46. The smallest absolute Gasteiger partial charge is 0.238 e. The van der Waals surface area contributed by atoms with Crippen molar-refractivity contribution in [1.29, 1.82) is 0 Å². The molecule has 2 nitrogen and oxygen atoms in total. The standard InChI is InChI=1S/C15H11ClFNOS/c16-10-5-3-6-11(14(10)17)18-15(19)13-8-9-4-1-2-7-12(9)20-13/h1-7,13H,8H2,(H,18,19). The molecule has 1 N–H and O–H groups in total. The van der Waals surface area contributed by atoms with Crippen LogP contribution in [0, 0.1) is 5.82 Å². The molecule has 1 aliphatic heterocycles. The van der Waals surface area contributed by atoms with E-state index in [4.69, 9.17) is 11.6 Å². The van der Waals surface area contributed by atoms with Crippen molar-refractivity contribution >= 4 is 35.0 Å². The van der Waals surface area contributed by atoms with Crippen LogP contribution in [0.4, 0.5) is 10.1 Å². The highest BCUT2D eigenvalue weighted by atomic mass is 35.5. The maximum atomic E-state index is 13.8. The van der Waals surface area contributed by atoms with E-state index in [0.717, 1.165) is 10.5 Å². The molecular formula is C15H11ClFNOS. The van der Waals surface area contributed by atoms with E-state index >= 15 is 0 Å². The van der Waals surface area contributed by atoms with Crippen molar-refractivity contribution < 1.29 is 9.18 Å². The molecular weight excluding hydrogens is 297 g/mol. The van der Waals surface area contributed by atoms with Gasteiger partial charge in [-0.25, -0.2) is 4.39 Å². The summed E-state index contributed by atoms with van der Waals surface area (Å²) in [6, 6.07) is 12.5. The number of nitrogens with one attached hydrogen (secondary N) is 1. The van der Waals surface area contributed by atoms with Crippen LogP contribution in [0.25, 0.3) is 0 Å². The zero-order chi connectivity index (χ0) is 14.1. The highest BCUT2D eigenvalue weighted by molar-refractivity contribution is 8.01. The van der Waals surface area contributed by atoms with Gasteiger partial charge in [0.15, 0.2) is 5.82 Å². The third-order valence-corrected chi connectivity index (χ3v) is 4.76. The van der Waals surface area contributed by atoms with Gasteiger partial charge in [-0.1, -0.05) is 35.9 Å². The number of thioether (sulfide) groups is 1. The molecule has 0 aromatic heterocycles. The molecule has 1 heterocycles. The molecule has 0 bridgehead atoms. The number of hydrogen-bond donors (Lipinski definition) is 1. The van der Waals surface area contributed by atoms with Crippen molar-refractivity contribution in [3.8, 4) is 0 Å². The largest absolute Gasteiger partial charge is 0.323 e. The number of carbonyl (C=O) groups excluding carboxylic acids is 1. The fourth-order valence-electron chi connectivity index (χ4n) is 2.14. The summed E-state index contributed by atoms with van der Waals surface area (Å²) < 4.78 is 13.8. The summed E-state index contributed by atoms with van der Waals surface area (Å²) in [4.78, 5) is 13.3. The van der Waals surface area contributed by atoms with Crippen LogP contribution in [0.5, 0.6) is 0 Å². The van der Waals surface area contributed by atoms with Crippen LogP contribution in [-0.4, -0.2) is 11.2 Å². The molecule has 0 spiro atoms. The number of halogens is 2. The Hall–Kier alpha value is -1.52. The molecule has 0 saturated carbocycles. The Morgan fingerprint density at radius 3 is 2.85 bits per heavy atom. The lowest BCUT2D eigenvalue weighted by Crippen LogP contribution is -2.25. The van der Waals surface area contributed by atoms with Gasteiger partial charge in [-0.15, -0.1) is 11.8 Å². The van der Waals surface area contributed by atoms with E-state index in [-0.39, 0.29) is 21.9 Å². The first-order chi connectivity index (χ1) is 9.65. The zero-order valence-electron chi connectivity index (χ0n) is 10.4. The minimum absolute atomic E-state index is 0.00478. The van der Waals surface area contributed by atoms with Crippen LogP contribution in [0.15, 0.2) is 47.4 Å². The number of amides is 1. The topological polar surface area (TPSA) is 29.1 Å². The quantitative estimate of drug-likeness (QED) is 0.903. The van der Waals surface area contributed by atoms with E-state index in [9.17, 15) is 9.18 Å². The van der Waals surface area contributed by atoms with E-state index in [0.29, 0.717) is 6.42 Å². The lowest BCUT2D eigenvalue weighted by molar-refractivity contribution is -0.115. The summed E-state index contributed by atoms with van der Waals surface area (Å²) in [5.74, 6) is -0.796. The van der Waals surface area contributed by atoms with E-state index < -0.39 is 5.82 Å². The molecule has 102 valence electrons. The first kappa shape index (κ1) is 13.5. The van der Waals surface area contributed by atoms with Gasteiger partial charge in [-0.3, -0.25) is 4.79 Å². The van der Waals surface area contributed by atoms with Crippen LogP contribution < -0.4 is 5.32 Å². The van der Waals surface area contributed by atoms with Crippen molar-refractivity contribution in [2.75, 3.05) is 5.32 Å². The number of carbonyl (C=O) groups is 1. The number of benzene rings is 2. The maximum Gasteiger partial charge on any atom is 0.238 e. The summed E-state index contributed by atoms with van der Waals surface area (Å²) >= 11 is 7.20. The molecule has 1 aliphatic rings. The predicted octanol–water partition coefficient (Wildman–Crippen LogP) is 4.13. The summed E-state index contributed by atoms with van der Waals surface area (Å²) in [5.41, 5.74) is 1.28. The molecule has 0 radical (unpaired) electrons. The monoisotopic (exact) mass is 307 g/mol. The SMILES string of the molecule is O=C(Nc1cccc(Cl)c1F)C1Cc2ccccc2S1. The van der Waals surface area contributed by atoms with Gasteiger partial charge in [-0.05, 0) is 30.2 Å². The molecule has 3 rings (SSSR count). The van der Waals surface area contributed by atoms with Gasteiger partial charge in [0.05, 0.1) is 16.0 Å². The van der Waals surface area contributed by atoms with Crippen LogP contribution in [0.1, 0.15) is 5.56 Å². The van der Waals surface area contributed by atoms with Gasteiger partial charge in [0, 0.05) is 4.90 Å². The molecule has 1 amide bonds. The Kier molecular flexibility index (Phi) is 3.68. The Morgan fingerprint density at radius 2 is 2.05 bits per heavy atom. The highest BCUT2D eigenvalue weighted by Crippen LogP contribution is 2.37. The van der Waals surface area contributed by atoms with Crippen molar-refractivity contribution in [2.24, 2.45) is 0 Å². The summed E-state index contributed by atoms with van der Waals surface area (Å²) in [7, 11) is 0. The maximum absolute atomic E-state index is 13.8. The molecule has 1 atom stereocenters. The van der Waals surface area contributed by atoms with Gasteiger partial charge in [0.25, 0.3) is 0 Å². The van der Waals surface area contributed by atoms with Crippen molar-refractivity contribution in [1.82, 2.24) is 0 Å². The minimum Gasteiger partial charge on any atom is -0.323 e. The molecule has 5 heteroatoms. The predicted molar refractivity (Wildman–Crippen MR) is 79.8 cm³/mol. The molecule has 2 aromatic rings. The van der Waals surface area contributed by atoms with Crippen molar-refractivity contribution in [3.63, 3.8) is 0 Å². The number of fused-ring (bicyclic) bond motifs is 1. The molecule has 0 saturated heterocycles. The van der Waals surface area contributed by atoms with E-state index in [1.807, 2.05) is 24.3 Å². The number of hydrogen-bond acceptors (Lipinski definition) is 2.